The van der Waals surface area contributed by atoms with Gasteiger partial charge in [0, 0.05) is 37.9 Å². The van der Waals surface area contributed by atoms with E-state index in [9.17, 15) is 0 Å². The maximum atomic E-state index is 5.90. The summed E-state index contributed by atoms with van der Waals surface area (Å²) in [4.78, 5) is 2.39. The van der Waals surface area contributed by atoms with Crippen LogP contribution in [-0.2, 0) is 4.74 Å². The Balaban J connectivity index is 1.79. The lowest BCUT2D eigenvalue weighted by molar-refractivity contribution is -0.0484. The fourth-order valence-corrected chi connectivity index (χ4v) is 2.57. The highest BCUT2D eigenvalue weighted by Gasteiger charge is 2.31. The van der Waals surface area contributed by atoms with E-state index in [0.717, 1.165) is 31.9 Å². The first-order chi connectivity index (χ1) is 8.35. The molecule has 2 aliphatic heterocycles. The van der Waals surface area contributed by atoms with E-state index in [-0.39, 0.29) is 0 Å². The third-order valence-corrected chi connectivity index (χ3v) is 3.40. The smallest absolute Gasteiger partial charge is 0.120 e. The maximum Gasteiger partial charge on any atom is 0.120 e. The van der Waals surface area contributed by atoms with Crippen LogP contribution in [0.2, 0.25) is 0 Å². The van der Waals surface area contributed by atoms with E-state index in [1.165, 1.54) is 5.69 Å². The minimum atomic E-state index is 0.314. The molecule has 2 aliphatic rings. The van der Waals surface area contributed by atoms with Crippen molar-refractivity contribution in [2.45, 2.75) is 12.2 Å². The zero-order valence-electron chi connectivity index (χ0n) is 10.1. The Labute approximate surface area is 102 Å². The van der Waals surface area contributed by atoms with Crippen molar-refractivity contribution in [1.82, 2.24) is 5.32 Å². The van der Waals surface area contributed by atoms with E-state index in [1.807, 2.05) is 12.1 Å². The van der Waals surface area contributed by atoms with Crippen molar-refractivity contribution < 1.29 is 9.47 Å². The Morgan fingerprint density at radius 1 is 1.29 bits per heavy atom. The first kappa shape index (κ1) is 10.9. The van der Waals surface area contributed by atoms with Crippen molar-refractivity contribution in [3.8, 4) is 5.75 Å². The number of nitrogens with zero attached hydrogens (tertiary/aromatic N) is 1. The number of rotatable bonds is 2. The molecular weight excluding hydrogens is 216 g/mol. The molecule has 92 valence electrons. The van der Waals surface area contributed by atoms with Crippen molar-refractivity contribution in [3.63, 3.8) is 0 Å². The van der Waals surface area contributed by atoms with Gasteiger partial charge in [-0.15, -0.1) is 0 Å². The molecule has 17 heavy (non-hydrogen) atoms. The van der Waals surface area contributed by atoms with Crippen LogP contribution in [0.25, 0.3) is 0 Å². The summed E-state index contributed by atoms with van der Waals surface area (Å²) in [6.07, 6.45) is 0.627. The van der Waals surface area contributed by atoms with E-state index in [1.54, 1.807) is 7.11 Å². The van der Waals surface area contributed by atoms with Gasteiger partial charge in [-0.3, -0.25) is 0 Å². The number of morpholine rings is 2. The van der Waals surface area contributed by atoms with Crippen LogP contribution < -0.4 is 15.0 Å². The van der Waals surface area contributed by atoms with Gasteiger partial charge in [-0.1, -0.05) is 6.07 Å². The molecule has 0 radical (unpaired) electrons. The lowest BCUT2D eigenvalue weighted by Gasteiger charge is -2.42. The Morgan fingerprint density at radius 2 is 2.06 bits per heavy atom. The SMILES string of the molecule is COc1cccc(N2CC3CNCC(C2)O3)c1. The van der Waals surface area contributed by atoms with Gasteiger partial charge in [0.2, 0.25) is 0 Å². The summed E-state index contributed by atoms with van der Waals surface area (Å²) >= 11 is 0. The number of methoxy groups -OCH3 is 1. The molecule has 2 unspecified atom stereocenters. The number of hydrogen-bond acceptors (Lipinski definition) is 4. The van der Waals surface area contributed by atoms with Gasteiger partial charge < -0.3 is 19.7 Å². The van der Waals surface area contributed by atoms with Gasteiger partial charge in [0.25, 0.3) is 0 Å². The molecule has 2 fully saturated rings. The minimum absolute atomic E-state index is 0.314. The highest BCUT2D eigenvalue weighted by Crippen LogP contribution is 2.25. The quantitative estimate of drug-likeness (QED) is 0.823. The molecule has 3 rings (SSSR count). The molecule has 0 spiro atoms. The van der Waals surface area contributed by atoms with Crippen LogP contribution in [0.15, 0.2) is 24.3 Å². The lowest BCUT2D eigenvalue weighted by Crippen LogP contribution is -2.58. The van der Waals surface area contributed by atoms with Gasteiger partial charge >= 0.3 is 0 Å². The predicted molar refractivity (Wildman–Crippen MR) is 66.7 cm³/mol. The Hall–Kier alpha value is -1.26. The van der Waals surface area contributed by atoms with Gasteiger partial charge in [0.15, 0.2) is 0 Å². The average molecular weight is 234 g/mol. The van der Waals surface area contributed by atoms with Crippen LogP contribution in [0.4, 0.5) is 5.69 Å². The summed E-state index contributed by atoms with van der Waals surface area (Å²) in [7, 11) is 1.71. The standard InChI is InChI=1S/C13H18N2O2/c1-16-11-4-2-3-10(5-11)15-8-12-6-14-7-13(9-15)17-12/h2-5,12-14H,6-9H2,1H3. The molecule has 1 aromatic rings. The second-order valence-corrected chi connectivity index (χ2v) is 4.64. The van der Waals surface area contributed by atoms with Crippen LogP contribution >= 0.6 is 0 Å². The van der Waals surface area contributed by atoms with Crippen LogP contribution in [0, 0.1) is 0 Å². The number of fused-ring (bicyclic) bond motifs is 2. The van der Waals surface area contributed by atoms with Crippen LogP contribution in [0.1, 0.15) is 0 Å². The first-order valence-corrected chi connectivity index (χ1v) is 6.10. The zero-order chi connectivity index (χ0) is 11.7. The van der Waals surface area contributed by atoms with E-state index in [2.05, 4.69) is 22.3 Å². The Bertz CT molecular complexity index is 385. The van der Waals surface area contributed by atoms with Gasteiger partial charge in [0.05, 0.1) is 19.3 Å². The molecule has 1 aromatic carbocycles. The fourth-order valence-electron chi connectivity index (χ4n) is 2.57. The third-order valence-electron chi connectivity index (χ3n) is 3.40. The number of nitrogens with one attached hydrogen (secondary N) is 1. The van der Waals surface area contributed by atoms with E-state index >= 15 is 0 Å². The highest BCUT2D eigenvalue weighted by atomic mass is 16.5. The van der Waals surface area contributed by atoms with E-state index < -0.39 is 0 Å². The zero-order valence-corrected chi connectivity index (χ0v) is 10.1. The van der Waals surface area contributed by atoms with E-state index in [4.69, 9.17) is 9.47 Å². The lowest BCUT2D eigenvalue weighted by atomic mass is 10.1. The van der Waals surface area contributed by atoms with Crippen LogP contribution in [0.3, 0.4) is 0 Å². The van der Waals surface area contributed by atoms with E-state index in [0.29, 0.717) is 12.2 Å². The minimum Gasteiger partial charge on any atom is -0.497 e. The Kier molecular flexibility index (Phi) is 2.91. The number of anilines is 1. The molecule has 2 bridgehead atoms. The molecule has 4 nitrogen and oxygen atoms in total. The predicted octanol–water partition coefficient (Wildman–Crippen LogP) is 0.872. The molecule has 1 N–H and O–H groups in total. The molecule has 0 amide bonds. The molecular formula is C13H18N2O2. The first-order valence-electron chi connectivity index (χ1n) is 6.10. The van der Waals surface area contributed by atoms with Gasteiger partial charge in [-0.2, -0.15) is 0 Å². The van der Waals surface area contributed by atoms with Crippen molar-refractivity contribution in [2.75, 3.05) is 38.2 Å². The average Bonchev–Trinajstić information content (AvgIpc) is 2.38. The molecule has 2 heterocycles. The van der Waals surface area contributed by atoms with Crippen molar-refractivity contribution in [1.29, 1.82) is 0 Å². The van der Waals surface area contributed by atoms with Crippen LogP contribution in [-0.4, -0.2) is 45.5 Å². The van der Waals surface area contributed by atoms with Crippen molar-refractivity contribution >= 4 is 5.69 Å². The molecule has 2 saturated heterocycles. The molecule has 2 atom stereocenters. The summed E-state index contributed by atoms with van der Waals surface area (Å²) in [5.41, 5.74) is 1.23. The second-order valence-electron chi connectivity index (χ2n) is 4.64. The van der Waals surface area contributed by atoms with Gasteiger partial charge in [-0.05, 0) is 12.1 Å². The third kappa shape index (κ3) is 2.23. The van der Waals surface area contributed by atoms with Crippen LogP contribution in [0.5, 0.6) is 5.75 Å². The molecule has 0 saturated carbocycles. The largest absolute Gasteiger partial charge is 0.497 e. The van der Waals surface area contributed by atoms with Crippen molar-refractivity contribution in [3.05, 3.63) is 24.3 Å². The van der Waals surface area contributed by atoms with Crippen molar-refractivity contribution in [2.24, 2.45) is 0 Å². The maximum absolute atomic E-state index is 5.90. The number of hydrogen-bond donors (Lipinski definition) is 1. The molecule has 4 heteroatoms. The molecule has 0 aliphatic carbocycles. The summed E-state index contributed by atoms with van der Waals surface area (Å²) in [5.74, 6) is 0.914. The fraction of sp³-hybridized carbons (Fsp3) is 0.538. The highest BCUT2D eigenvalue weighted by molar-refractivity contribution is 5.51. The van der Waals surface area contributed by atoms with Gasteiger partial charge in [-0.25, -0.2) is 0 Å². The number of ether oxygens (including phenoxy) is 2. The Morgan fingerprint density at radius 3 is 2.76 bits per heavy atom. The summed E-state index contributed by atoms with van der Waals surface area (Å²) in [6.45, 7) is 3.82. The summed E-state index contributed by atoms with van der Waals surface area (Å²) < 4.78 is 11.2. The molecule has 0 aromatic heterocycles. The number of benzene rings is 1. The summed E-state index contributed by atoms with van der Waals surface area (Å²) in [6, 6.07) is 8.25. The second kappa shape index (κ2) is 4.55. The summed E-state index contributed by atoms with van der Waals surface area (Å²) in [5, 5.41) is 3.40. The monoisotopic (exact) mass is 234 g/mol. The topological polar surface area (TPSA) is 33.7 Å². The van der Waals surface area contributed by atoms with Gasteiger partial charge in [0.1, 0.15) is 5.75 Å². The normalized spacial score (nSPS) is 27.9.